The van der Waals surface area contributed by atoms with Crippen LogP contribution in [0, 0.1) is 0 Å². The molecule has 3 N–H and O–H groups in total. The molecular formula is C10H14N2O3. The van der Waals surface area contributed by atoms with Gasteiger partial charge in [0.25, 0.3) is 0 Å². The summed E-state index contributed by atoms with van der Waals surface area (Å²) in [5.74, 6) is -1.07. The zero-order valence-corrected chi connectivity index (χ0v) is 8.69. The summed E-state index contributed by atoms with van der Waals surface area (Å²) in [7, 11) is 0. The lowest BCUT2D eigenvalue weighted by Crippen LogP contribution is -2.34. The van der Waals surface area contributed by atoms with Gasteiger partial charge in [-0.1, -0.05) is 0 Å². The van der Waals surface area contributed by atoms with Gasteiger partial charge >= 0.3 is 5.97 Å². The Kier molecular flexibility index (Phi) is 3.26. The van der Waals surface area contributed by atoms with Gasteiger partial charge in [0, 0.05) is 11.9 Å². The second-order valence-corrected chi connectivity index (χ2v) is 3.90. The zero-order valence-electron chi connectivity index (χ0n) is 8.69. The average Bonchev–Trinajstić information content (AvgIpc) is 2.17. The molecule has 0 aliphatic carbocycles. The molecule has 1 rings (SSSR count). The van der Waals surface area contributed by atoms with Crippen LogP contribution in [0.15, 0.2) is 18.3 Å². The number of aliphatic hydroxyl groups is 1. The van der Waals surface area contributed by atoms with Crippen molar-refractivity contribution in [2.45, 2.75) is 19.4 Å². The first-order valence-corrected chi connectivity index (χ1v) is 4.53. The molecule has 1 aromatic rings. The van der Waals surface area contributed by atoms with Gasteiger partial charge in [-0.3, -0.25) is 0 Å². The highest BCUT2D eigenvalue weighted by Crippen LogP contribution is 2.14. The monoisotopic (exact) mass is 210 g/mol. The molecule has 0 aliphatic rings. The van der Waals surface area contributed by atoms with Crippen LogP contribution in [-0.2, 0) is 0 Å². The van der Waals surface area contributed by atoms with Gasteiger partial charge in [-0.25, -0.2) is 9.78 Å². The van der Waals surface area contributed by atoms with Crippen molar-refractivity contribution in [1.29, 1.82) is 0 Å². The predicted octanol–water partition coefficient (Wildman–Crippen LogP) is 0.963. The molecule has 0 aliphatic heterocycles. The molecule has 0 bridgehead atoms. The molecule has 0 radical (unpaired) electrons. The quantitative estimate of drug-likeness (QED) is 0.689. The van der Waals surface area contributed by atoms with E-state index < -0.39 is 11.5 Å². The fourth-order valence-electron chi connectivity index (χ4n) is 1.06. The maximum Gasteiger partial charge on any atom is 0.354 e. The molecular weight excluding hydrogens is 196 g/mol. The van der Waals surface area contributed by atoms with Crippen LogP contribution in [0.1, 0.15) is 24.3 Å². The molecule has 1 heterocycles. The van der Waals surface area contributed by atoms with Crippen LogP contribution in [-0.4, -0.2) is 33.3 Å². The average molecular weight is 210 g/mol. The number of aromatic carboxylic acids is 1. The highest BCUT2D eigenvalue weighted by atomic mass is 16.4. The third-order valence-corrected chi connectivity index (χ3v) is 1.86. The van der Waals surface area contributed by atoms with Crippen LogP contribution in [0.3, 0.4) is 0 Å². The van der Waals surface area contributed by atoms with Crippen molar-refractivity contribution in [2.24, 2.45) is 0 Å². The first kappa shape index (κ1) is 11.5. The lowest BCUT2D eigenvalue weighted by atomic mass is 10.1. The lowest BCUT2D eigenvalue weighted by molar-refractivity contribution is 0.0690. The van der Waals surface area contributed by atoms with Crippen LogP contribution in [0.2, 0.25) is 0 Å². The molecule has 0 atom stereocenters. The molecule has 0 saturated heterocycles. The number of nitrogens with one attached hydrogen (secondary N) is 1. The molecule has 5 nitrogen and oxygen atoms in total. The van der Waals surface area contributed by atoms with Crippen LogP contribution in [0.5, 0.6) is 0 Å². The van der Waals surface area contributed by atoms with Crippen molar-refractivity contribution in [1.82, 2.24) is 4.98 Å². The van der Waals surface area contributed by atoms with Crippen molar-refractivity contribution in [3.05, 3.63) is 24.0 Å². The van der Waals surface area contributed by atoms with Gasteiger partial charge in [0.1, 0.15) is 5.69 Å². The SMILES string of the molecule is CC(C)(CO)Nc1ccnc(C(=O)O)c1. The van der Waals surface area contributed by atoms with Crippen molar-refractivity contribution >= 4 is 11.7 Å². The van der Waals surface area contributed by atoms with Crippen LogP contribution in [0.25, 0.3) is 0 Å². The number of hydrogen-bond acceptors (Lipinski definition) is 4. The van der Waals surface area contributed by atoms with E-state index in [2.05, 4.69) is 10.3 Å². The van der Waals surface area contributed by atoms with Gasteiger partial charge in [0.2, 0.25) is 0 Å². The number of hydrogen-bond donors (Lipinski definition) is 3. The molecule has 0 saturated carbocycles. The maximum absolute atomic E-state index is 10.6. The Hall–Kier alpha value is -1.62. The van der Waals surface area contributed by atoms with Gasteiger partial charge in [-0.05, 0) is 26.0 Å². The van der Waals surface area contributed by atoms with Gasteiger partial charge in [0.05, 0.1) is 12.1 Å². The maximum atomic E-state index is 10.6. The van der Waals surface area contributed by atoms with Crippen molar-refractivity contribution in [3.63, 3.8) is 0 Å². The Bertz CT molecular complexity index is 363. The summed E-state index contributed by atoms with van der Waals surface area (Å²) in [4.78, 5) is 14.3. The number of rotatable bonds is 4. The molecule has 5 heteroatoms. The number of aliphatic hydroxyl groups excluding tert-OH is 1. The summed E-state index contributed by atoms with van der Waals surface area (Å²) in [6.07, 6.45) is 1.42. The van der Waals surface area contributed by atoms with Gasteiger partial charge in [0.15, 0.2) is 0 Å². The fraction of sp³-hybridized carbons (Fsp3) is 0.400. The van der Waals surface area contributed by atoms with Crippen LogP contribution >= 0.6 is 0 Å². The van der Waals surface area contributed by atoms with E-state index in [1.807, 2.05) is 13.8 Å². The van der Waals surface area contributed by atoms with E-state index in [1.165, 1.54) is 12.3 Å². The minimum Gasteiger partial charge on any atom is -0.477 e. The molecule has 0 aromatic carbocycles. The van der Waals surface area contributed by atoms with E-state index in [4.69, 9.17) is 10.2 Å². The van der Waals surface area contributed by atoms with E-state index in [0.29, 0.717) is 5.69 Å². The minimum absolute atomic E-state index is 0.0197. The first-order chi connectivity index (χ1) is 6.94. The number of carboxylic acids is 1. The van der Waals surface area contributed by atoms with E-state index in [0.717, 1.165) is 0 Å². The normalized spacial score (nSPS) is 11.1. The standard InChI is InChI=1S/C10H14N2O3/c1-10(2,6-13)12-7-3-4-11-8(5-7)9(14)15/h3-5,13H,6H2,1-2H3,(H,11,12)(H,14,15). The number of aromatic nitrogens is 1. The highest BCUT2D eigenvalue weighted by molar-refractivity contribution is 5.86. The number of pyridine rings is 1. The smallest absolute Gasteiger partial charge is 0.354 e. The molecule has 82 valence electrons. The molecule has 1 aromatic heterocycles. The van der Waals surface area contributed by atoms with Crippen molar-refractivity contribution < 1.29 is 15.0 Å². The highest BCUT2D eigenvalue weighted by Gasteiger charge is 2.16. The summed E-state index contributed by atoms with van der Waals surface area (Å²) in [5.41, 5.74) is 0.118. The summed E-state index contributed by atoms with van der Waals surface area (Å²) >= 11 is 0. The molecule has 0 amide bonds. The summed E-state index contributed by atoms with van der Waals surface area (Å²) in [6, 6.07) is 3.09. The minimum atomic E-state index is -1.07. The molecule has 0 unspecified atom stereocenters. The third-order valence-electron chi connectivity index (χ3n) is 1.86. The van der Waals surface area contributed by atoms with Gasteiger partial charge < -0.3 is 15.5 Å². The molecule has 0 spiro atoms. The van der Waals surface area contributed by atoms with Gasteiger partial charge in [-0.15, -0.1) is 0 Å². The number of anilines is 1. The second kappa shape index (κ2) is 4.27. The van der Waals surface area contributed by atoms with Crippen LogP contribution in [0.4, 0.5) is 5.69 Å². The fourth-order valence-corrected chi connectivity index (χ4v) is 1.06. The van der Waals surface area contributed by atoms with E-state index in [-0.39, 0.29) is 12.3 Å². The Balaban J connectivity index is 2.87. The predicted molar refractivity (Wildman–Crippen MR) is 56.0 cm³/mol. The topological polar surface area (TPSA) is 82.5 Å². The largest absolute Gasteiger partial charge is 0.477 e. The van der Waals surface area contributed by atoms with Crippen molar-refractivity contribution in [2.75, 3.05) is 11.9 Å². The molecule has 0 fully saturated rings. The van der Waals surface area contributed by atoms with E-state index >= 15 is 0 Å². The summed E-state index contributed by atoms with van der Waals surface area (Å²) in [6.45, 7) is 3.58. The zero-order chi connectivity index (χ0) is 11.5. The molecule has 15 heavy (non-hydrogen) atoms. The second-order valence-electron chi connectivity index (χ2n) is 3.90. The Morgan fingerprint density at radius 2 is 2.27 bits per heavy atom. The first-order valence-electron chi connectivity index (χ1n) is 4.53. The number of carboxylic acid groups (broad SMARTS) is 1. The van der Waals surface area contributed by atoms with E-state index in [9.17, 15) is 4.79 Å². The van der Waals surface area contributed by atoms with Crippen LogP contribution < -0.4 is 5.32 Å². The Morgan fingerprint density at radius 1 is 1.60 bits per heavy atom. The third kappa shape index (κ3) is 3.21. The Labute approximate surface area is 87.8 Å². The Morgan fingerprint density at radius 3 is 2.80 bits per heavy atom. The number of nitrogens with zero attached hydrogens (tertiary/aromatic N) is 1. The summed E-state index contributed by atoms with van der Waals surface area (Å²) in [5, 5.41) is 20.8. The summed E-state index contributed by atoms with van der Waals surface area (Å²) < 4.78 is 0. The van der Waals surface area contributed by atoms with Gasteiger partial charge in [-0.2, -0.15) is 0 Å². The van der Waals surface area contributed by atoms with Crippen molar-refractivity contribution in [3.8, 4) is 0 Å². The lowest BCUT2D eigenvalue weighted by Gasteiger charge is -2.24. The number of carbonyl (C=O) groups is 1. The van der Waals surface area contributed by atoms with E-state index in [1.54, 1.807) is 6.07 Å².